The monoisotopic (exact) mass is 292 g/mol. The predicted octanol–water partition coefficient (Wildman–Crippen LogP) is 2.84. The molecule has 3 nitrogen and oxygen atoms in total. The number of hydrogen-bond acceptors (Lipinski definition) is 2. The normalized spacial score (nSPS) is 13.4. The molecule has 3 rings (SSSR count). The Morgan fingerprint density at radius 2 is 1.62 bits per heavy atom. The quantitative estimate of drug-likeness (QED) is 0.822. The van der Waals surface area contributed by atoms with Gasteiger partial charge in [-0.1, -0.05) is 6.07 Å². The lowest BCUT2D eigenvalue weighted by Gasteiger charge is -2.16. The molecule has 6 heteroatoms. The average molecular weight is 292 g/mol. The van der Waals surface area contributed by atoms with E-state index in [0.717, 1.165) is 11.1 Å². The number of nitrogens with zero attached hydrogens (tertiary/aromatic N) is 1. The van der Waals surface area contributed by atoms with E-state index in [1.807, 2.05) is 0 Å². The van der Waals surface area contributed by atoms with E-state index >= 15 is 0 Å². The highest BCUT2D eigenvalue weighted by atomic mass is 19.1. The van der Waals surface area contributed by atoms with E-state index in [-0.39, 0.29) is 13.1 Å². The number of benzene rings is 2. The summed E-state index contributed by atoms with van der Waals surface area (Å²) in [6.45, 7) is 0.458. The highest BCUT2D eigenvalue weighted by molar-refractivity contribution is 5.95. The third-order valence-electron chi connectivity index (χ3n) is 3.46. The number of halogens is 3. The summed E-state index contributed by atoms with van der Waals surface area (Å²) in [6, 6.07) is 6.19. The van der Waals surface area contributed by atoms with Crippen molar-refractivity contribution in [3.05, 3.63) is 64.5 Å². The molecule has 0 aliphatic carbocycles. The first-order valence-corrected chi connectivity index (χ1v) is 6.27. The summed E-state index contributed by atoms with van der Waals surface area (Å²) in [5.74, 6) is -4.26. The Balaban J connectivity index is 1.92. The number of amides is 1. The standard InChI is InChI=1S/C15H11F3N2O/c16-10-4-12(17)14(13(18)5-10)15(21)20-6-8-1-2-11(19)3-9(8)7-20/h1-5H,6-7,19H2. The zero-order chi connectivity index (χ0) is 15.1. The SMILES string of the molecule is Nc1ccc2c(c1)CN(C(=O)c1c(F)cc(F)cc1F)C2. The van der Waals surface area contributed by atoms with Gasteiger partial charge in [0.05, 0.1) is 0 Å². The number of carbonyl (C=O) groups excluding carboxylic acids is 1. The number of nitrogens with two attached hydrogens (primary N) is 1. The maximum absolute atomic E-state index is 13.7. The minimum Gasteiger partial charge on any atom is -0.399 e. The number of carbonyl (C=O) groups is 1. The van der Waals surface area contributed by atoms with Crippen LogP contribution in [0.4, 0.5) is 18.9 Å². The average Bonchev–Trinajstić information content (AvgIpc) is 2.80. The number of rotatable bonds is 1. The molecule has 0 saturated heterocycles. The molecule has 2 aromatic rings. The molecule has 108 valence electrons. The van der Waals surface area contributed by atoms with E-state index in [9.17, 15) is 18.0 Å². The van der Waals surface area contributed by atoms with Gasteiger partial charge in [-0.3, -0.25) is 4.79 Å². The van der Waals surface area contributed by atoms with Gasteiger partial charge < -0.3 is 10.6 Å². The largest absolute Gasteiger partial charge is 0.399 e. The van der Waals surface area contributed by atoms with Crippen molar-refractivity contribution in [2.24, 2.45) is 0 Å². The first-order chi connectivity index (χ1) is 9.95. The van der Waals surface area contributed by atoms with Gasteiger partial charge in [-0.15, -0.1) is 0 Å². The predicted molar refractivity (Wildman–Crippen MR) is 70.7 cm³/mol. The van der Waals surface area contributed by atoms with Crippen LogP contribution in [0.25, 0.3) is 0 Å². The van der Waals surface area contributed by atoms with Gasteiger partial charge in [0, 0.05) is 30.9 Å². The molecule has 1 aliphatic heterocycles. The molecule has 0 aromatic heterocycles. The van der Waals surface area contributed by atoms with Crippen molar-refractivity contribution >= 4 is 11.6 Å². The third-order valence-corrected chi connectivity index (χ3v) is 3.46. The molecular formula is C15H11F3N2O. The van der Waals surface area contributed by atoms with Gasteiger partial charge in [-0.2, -0.15) is 0 Å². The zero-order valence-electron chi connectivity index (χ0n) is 10.9. The molecule has 0 radical (unpaired) electrons. The van der Waals surface area contributed by atoms with Gasteiger partial charge in [0.25, 0.3) is 5.91 Å². The van der Waals surface area contributed by atoms with Crippen molar-refractivity contribution in [2.45, 2.75) is 13.1 Å². The number of anilines is 1. The molecule has 2 aromatic carbocycles. The second kappa shape index (κ2) is 4.80. The van der Waals surface area contributed by atoms with Crippen LogP contribution in [-0.2, 0) is 13.1 Å². The molecular weight excluding hydrogens is 281 g/mol. The smallest absolute Gasteiger partial charge is 0.260 e. The van der Waals surface area contributed by atoms with Crippen LogP contribution < -0.4 is 5.73 Å². The highest BCUT2D eigenvalue weighted by Crippen LogP contribution is 2.27. The van der Waals surface area contributed by atoms with E-state index in [0.29, 0.717) is 17.8 Å². The highest BCUT2D eigenvalue weighted by Gasteiger charge is 2.28. The van der Waals surface area contributed by atoms with Crippen molar-refractivity contribution < 1.29 is 18.0 Å². The van der Waals surface area contributed by atoms with Gasteiger partial charge in [-0.05, 0) is 23.3 Å². The summed E-state index contributed by atoms with van der Waals surface area (Å²) in [7, 11) is 0. The van der Waals surface area contributed by atoms with Crippen molar-refractivity contribution in [2.75, 3.05) is 5.73 Å². The molecule has 2 N–H and O–H groups in total. The summed E-state index contributed by atoms with van der Waals surface area (Å²) in [6.07, 6.45) is 0. The second-order valence-electron chi connectivity index (χ2n) is 4.93. The minimum atomic E-state index is -1.20. The zero-order valence-corrected chi connectivity index (χ0v) is 10.9. The van der Waals surface area contributed by atoms with E-state index in [4.69, 9.17) is 5.73 Å². The summed E-state index contributed by atoms with van der Waals surface area (Å²) in [5, 5.41) is 0. The Labute approximate surface area is 118 Å². The lowest BCUT2D eigenvalue weighted by molar-refractivity contribution is 0.0741. The van der Waals surface area contributed by atoms with Crippen LogP contribution in [0.1, 0.15) is 21.5 Å². The molecule has 0 unspecified atom stereocenters. The van der Waals surface area contributed by atoms with Crippen molar-refractivity contribution in [3.8, 4) is 0 Å². The molecule has 21 heavy (non-hydrogen) atoms. The van der Waals surface area contributed by atoms with Crippen LogP contribution in [-0.4, -0.2) is 10.8 Å². The molecule has 0 atom stereocenters. The second-order valence-corrected chi connectivity index (χ2v) is 4.93. The molecule has 0 fully saturated rings. The fourth-order valence-corrected chi connectivity index (χ4v) is 2.46. The number of fused-ring (bicyclic) bond motifs is 1. The Kier molecular flexibility index (Phi) is 3.08. The fourth-order valence-electron chi connectivity index (χ4n) is 2.46. The van der Waals surface area contributed by atoms with Gasteiger partial charge >= 0.3 is 0 Å². The lowest BCUT2D eigenvalue weighted by Crippen LogP contribution is -2.27. The van der Waals surface area contributed by atoms with E-state index in [1.54, 1.807) is 18.2 Å². The van der Waals surface area contributed by atoms with Crippen LogP contribution >= 0.6 is 0 Å². The van der Waals surface area contributed by atoms with Gasteiger partial charge in [-0.25, -0.2) is 13.2 Å². The van der Waals surface area contributed by atoms with Gasteiger partial charge in [0.1, 0.15) is 23.0 Å². The Morgan fingerprint density at radius 1 is 1.00 bits per heavy atom. The van der Waals surface area contributed by atoms with Crippen LogP contribution in [0, 0.1) is 17.5 Å². The molecule has 1 amide bonds. The molecule has 0 spiro atoms. The Morgan fingerprint density at radius 3 is 2.29 bits per heavy atom. The Bertz CT molecular complexity index is 723. The van der Waals surface area contributed by atoms with Gasteiger partial charge in [0.2, 0.25) is 0 Å². The van der Waals surface area contributed by atoms with Crippen molar-refractivity contribution in [1.29, 1.82) is 0 Å². The van der Waals surface area contributed by atoms with Crippen LogP contribution in [0.5, 0.6) is 0 Å². The lowest BCUT2D eigenvalue weighted by atomic mass is 10.1. The summed E-state index contributed by atoms with van der Waals surface area (Å²) in [4.78, 5) is 13.5. The number of nitrogen functional groups attached to an aromatic ring is 1. The summed E-state index contributed by atoms with van der Waals surface area (Å²) in [5.41, 5.74) is 7.20. The summed E-state index contributed by atoms with van der Waals surface area (Å²) >= 11 is 0. The first-order valence-electron chi connectivity index (χ1n) is 6.27. The van der Waals surface area contributed by atoms with Gasteiger partial charge in [0.15, 0.2) is 0 Å². The van der Waals surface area contributed by atoms with Crippen molar-refractivity contribution in [1.82, 2.24) is 4.90 Å². The molecule has 1 heterocycles. The van der Waals surface area contributed by atoms with Crippen LogP contribution in [0.15, 0.2) is 30.3 Å². The molecule has 0 saturated carbocycles. The topological polar surface area (TPSA) is 46.3 Å². The van der Waals surface area contributed by atoms with Crippen LogP contribution in [0.2, 0.25) is 0 Å². The third kappa shape index (κ3) is 2.33. The van der Waals surface area contributed by atoms with E-state index < -0.39 is 28.9 Å². The first kappa shape index (κ1) is 13.5. The maximum atomic E-state index is 13.7. The number of hydrogen-bond donors (Lipinski definition) is 1. The Hall–Kier alpha value is -2.50. The van der Waals surface area contributed by atoms with E-state index in [2.05, 4.69) is 0 Å². The maximum Gasteiger partial charge on any atom is 0.260 e. The van der Waals surface area contributed by atoms with Crippen LogP contribution in [0.3, 0.4) is 0 Å². The van der Waals surface area contributed by atoms with E-state index in [1.165, 1.54) is 4.90 Å². The van der Waals surface area contributed by atoms with Crippen molar-refractivity contribution in [3.63, 3.8) is 0 Å². The minimum absolute atomic E-state index is 0.218. The fraction of sp³-hybridized carbons (Fsp3) is 0.133. The molecule has 1 aliphatic rings. The summed E-state index contributed by atoms with van der Waals surface area (Å²) < 4.78 is 40.2. The molecule has 0 bridgehead atoms.